The Balaban J connectivity index is 4.82. The second kappa shape index (κ2) is 7.91. The molecule has 4 heteroatoms. The van der Waals surface area contributed by atoms with Gasteiger partial charge in [-0.1, -0.05) is 26.3 Å². The number of esters is 2. The van der Waals surface area contributed by atoms with Crippen LogP contribution in [0.15, 0.2) is 11.6 Å². The second-order valence-corrected chi connectivity index (χ2v) is 3.41. The molecule has 0 bridgehead atoms. The highest BCUT2D eigenvalue weighted by molar-refractivity contribution is 6.14. The van der Waals surface area contributed by atoms with Crippen LogP contribution in [-0.4, -0.2) is 25.2 Å². The van der Waals surface area contributed by atoms with Gasteiger partial charge in [0.05, 0.1) is 13.2 Å². The van der Waals surface area contributed by atoms with Crippen LogP contribution in [0.2, 0.25) is 0 Å². The molecule has 0 saturated heterocycles. The van der Waals surface area contributed by atoms with Crippen LogP contribution in [0.3, 0.4) is 0 Å². The van der Waals surface area contributed by atoms with Gasteiger partial charge in [-0.05, 0) is 19.8 Å². The average Bonchev–Trinajstić information content (AvgIpc) is 2.25. The fourth-order valence-electron chi connectivity index (χ4n) is 1.04. The van der Waals surface area contributed by atoms with E-state index in [9.17, 15) is 9.59 Å². The first-order valence-corrected chi connectivity index (χ1v) is 5.62. The minimum absolute atomic E-state index is 0.00181. The molecule has 0 aliphatic rings. The Bertz CT molecular complexity index is 248. The van der Waals surface area contributed by atoms with Gasteiger partial charge in [-0.3, -0.25) is 0 Å². The summed E-state index contributed by atoms with van der Waals surface area (Å²) in [7, 11) is 0. The molecule has 92 valence electrons. The number of carbonyl (C=O) groups is 2. The molecule has 0 rings (SSSR count). The Hall–Kier alpha value is -1.32. The molecule has 0 aromatic rings. The molecule has 0 heterocycles. The second-order valence-electron chi connectivity index (χ2n) is 3.41. The van der Waals surface area contributed by atoms with Crippen molar-refractivity contribution in [1.29, 1.82) is 0 Å². The van der Waals surface area contributed by atoms with E-state index in [1.807, 2.05) is 13.8 Å². The molecule has 1 atom stereocenters. The van der Waals surface area contributed by atoms with E-state index in [0.717, 1.165) is 6.42 Å². The van der Waals surface area contributed by atoms with Crippen LogP contribution in [0.5, 0.6) is 0 Å². The number of rotatable bonds is 6. The lowest BCUT2D eigenvalue weighted by molar-refractivity contribution is -0.146. The standard InChI is InChI=1S/C12H20O4/c1-5-9(4)8-10(11(13)15-6-2)12(14)16-7-3/h8-9H,5-7H2,1-4H3. The van der Waals surface area contributed by atoms with E-state index >= 15 is 0 Å². The van der Waals surface area contributed by atoms with Crippen molar-refractivity contribution in [2.45, 2.75) is 34.1 Å². The number of ether oxygens (including phenoxy) is 2. The van der Waals surface area contributed by atoms with Crippen molar-refractivity contribution in [3.8, 4) is 0 Å². The van der Waals surface area contributed by atoms with Crippen LogP contribution in [0, 0.1) is 5.92 Å². The van der Waals surface area contributed by atoms with E-state index < -0.39 is 11.9 Å². The van der Waals surface area contributed by atoms with Gasteiger partial charge in [-0.15, -0.1) is 0 Å². The molecule has 0 N–H and O–H groups in total. The van der Waals surface area contributed by atoms with Crippen LogP contribution < -0.4 is 0 Å². The molecule has 0 aliphatic carbocycles. The molecule has 0 radical (unpaired) electrons. The van der Waals surface area contributed by atoms with E-state index in [1.54, 1.807) is 19.9 Å². The van der Waals surface area contributed by atoms with Crippen LogP contribution in [0.1, 0.15) is 34.1 Å². The molecule has 0 fully saturated rings. The van der Waals surface area contributed by atoms with Gasteiger partial charge in [0.15, 0.2) is 0 Å². The Morgan fingerprint density at radius 2 is 1.50 bits per heavy atom. The fourth-order valence-corrected chi connectivity index (χ4v) is 1.04. The van der Waals surface area contributed by atoms with Gasteiger partial charge in [0.2, 0.25) is 0 Å². The quantitative estimate of drug-likeness (QED) is 0.302. The molecule has 0 aromatic heterocycles. The SMILES string of the molecule is CCOC(=O)C(=CC(C)CC)C(=O)OCC. The summed E-state index contributed by atoms with van der Waals surface area (Å²) in [6, 6.07) is 0. The average molecular weight is 228 g/mol. The first-order chi connectivity index (χ1) is 7.56. The van der Waals surface area contributed by atoms with Gasteiger partial charge in [0.1, 0.15) is 5.57 Å². The summed E-state index contributed by atoms with van der Waals surface area (Å²) in [5.74, 6) is -1.08. The summed E-state index contributed by atoms with van der Waals surface area (Å²) < 4.78 is 9.62. The first kappa shape index (κ1) is 14.7. The van der Waals surface area contributed by atoms with Crippen molar-refractivity contribution in [3.05, 3.63) is 11.6 Å². The molecular formula is C12H20O4. The van der Waals surface area contributed by atoms with Gasteiger partial charge in [0.25, 0.3) is 0 Å². The van der Waals surface area contributed by atoms with Crippen molar-refractivity contribution < 1.29 is 19.1 Å². The summed E-state index contributed by atoms with van der Waals surface area (Å²) in [5, 5.41) is 0. The summed E-state index contributed by atoms with van der Waals surface area (Å²) in [6.45, 7) is 7.80. The van der Waals surface area contributed by atoms with E-state index in [-0.39, 0.29) is 24.7 Å². The van der Waals surface area contributed by atoms with E-state index in [0.29, 0.717) is 0 Å². The molecule has 0 saturated carbocycles. The number of hydrogen-bond donors (Lipinski definition) is 0. The van der Waals surface area contributed by atoms with Crippen molar-refractivity contribution in [3.63, 3.8) is 0 Å². The first-order valence-electron chi connectivity index (χ1n) is 5.62. The molecule has 16 heavy (non-hydrogen) atoms. The highest BCUT2D eigenvalue weighted by atomic mass is 16.6. The Labute approximate surface area is 96.6 Å². The molecular weight excluding hydrogens is 208 g/mol. The molecule has 0 spiro atoms. The van der Waals surface area contributed by atoms with Crippen molar-refractivity contribution in [2.24, 2.45) is 5.92 Å². The fraction of sp³-hybridized carbons (Fsp3) is 0.667. The Morgan fingerprint density at radius 1 is 1.06 bits per heavy atom. The monoisotopic (exact) mass is 228 g/mol. The van der Waals surface area contributed by atoms with Gasteiger partial charge < -0.3 is 9.47 Å². The van der Waals surface area contributed by atoms with Crippen LogP contribution in [0.25, 0.3) is 0 Å². The minimum Gasteiger partial charge on any atom is -0.462 e. The highest BCUT2D eigenvalue weighted by Crippen LogP contribution is 2.10. The molecule has 0 aliphatic heterocycles. The lowest BCUT2D eigenvalue weighted by atomic mass is 10.1. The Morgan fingerprint density at radius 3 is 1.81 bits per heavy atom. The highest BCUT2D eigenvalue weighted by Gasteiger charge is 2.21. The lowest BCUT2D eigenvalue weighted by Gasteiger charge is -2.08. The number of hydrogen-bond acceptors (Lipinski definition) is 4. The molecule has 1 unspecified atom stereocenters. The third-order valence-electron chi connectivity index (χ3n) is 2.09. The summed E-state index contributed by atoms with van der Waals surface area (Å²) >= 11 is 0. The van der Waals surface area contributed by atoms with E-state index in [4.69, 9.17) is 9.47 Å². The van der Waals surface area contributed by atoms with Crippen LogP contribution in [0.4, 0.5) is 0 Å². The maximum atomic E-state index is 11.5. The van der Waals surface area contributed by atoms with Crippen LogP contribution >= 0.6 is 0 Å². The number of carbonyl (C=O) groups excluding carboxylic acids is 2. The zero-order chi connectivity index (χ0) is 12.6. The van der Waals surface area contributed by atoms with E-state index in [1.165, 1.54) is 0 Å². The van der Waals surface area contributed by atoms with Crippen LogP contribution in [-0.2, 0) is 19.1 Å². The zero-order valence-corrected chi connectivity index (χ0v) is 10.4. The van der Waals surface area contributed by atoms with Gasteiger partial charge in [-0.25, -0.2) is 9.59 Å². The predicted octanol–water partition coefficient (Wildman–Crippen LogP) is 2.09. The Kier molecular flexibility index (Phi) is 7.25. The lowest BCUT2D eigenvalue weighted by Crippen LogP contribution is -2.19. The van der Waals surface area contributed by atoms with Crippen molar-refractivity contribution in [2.75, 3.05) is 13.2 Å². The smallest absolute Gasteiger partial charge is 0.345 e. The van der Waals surface area contributed by atoms with Crippen molar-refractivity contribution >= 4 is 11.9 Å². The van der Waals surface area contributed by atoms with Crippen molar-refractivity contribution in [1.82, 2.24) is 0 Å². The third kappa shape index (κ3) is 4.96. The molecule has 0 aromatic carbocycles. The zero-order valence-electron chi connectivity index (χ0n) is 10.4. The summed E-state index contributed by atoms with van der Waals surface area (Å²) in [4.78, 5) is 23.0. The molecule has 4 nitrogen and oxygen atoms in total. The topological polar surface area (TPSA) is 52.6 Å². The van der Waals surface area contributed by atoms with E-state index in [2.05, 4.69) is 0 Å². The third-order valence-corrected chi connectivity index (χ3v) is 2.09. The van der Waals surface area contributed by atoms with Gasteiger partial charge in [-0.2, -0.15) is 0 Å². The predicted molar refractivity (Wildman–Crippen MR) is 60.8 cm³/mol. The normalized spacial score (nSPS) is 11.5. The maximum absolute atomic E-state index is 11.5. The van der Waals surface area contributed by atoms with Gasteiger partial charge in [0, 0.05) is 0 Å². The summed E-state index contributed by atoms with van der Waals surface area (Å²) in [6.07, 6.45) is 2.46. The van der Waals surface area contributed by atoms with Gasteiger partial charge >= 0.3 is 11.9 Å². The number of allylic oxidation sites excluding steroid dienone is 1. The largest absolute Gasteiger partial charge is 0.462 e. The maximum Gasteiger partial charge on any atom is 0.345 e. The molecule has 0 amide bonds. The minimum atomic E-state index is -0.610. The summed E-state index contributed by atoms with van der Waals surface area (Å²) in [5.41, 5.74) is -0.00181.